The third-order valence-corrected chi connectivity index (χ3v) is 5.26. The fourth-order valence-electron chi connectivity index (χ4n) is 3.51. The van der Waals surface area contributed by atoms with Crippen molar-refractivity contribution >= 4 is 29.3 Å². The minimum atomic E-state index is -0.874. The van der Waals surface area contributed by atoms with Crippen molar-refractivity contribution in [3.05, 3.63) is 86.7 Å². The van der Waals surface area contributed by atoms with Gasteiger partial charge in [0, 0.05) is 23.6 Å². The fourth-order valence-corrected chi connectivity index (χ4v) is 3.63. The molecule has 0 aromatic heterocycles. The van der Waals surface area contributed by atoms with Gasteiger partial charge in [-0.3, -0.25) is 14.9 Å². The summed E-state index contributed by atoms with van der Waals surface area (Å²) in [7, 11) is 0. The van der Waals surface area contributed by atoms with E-state index in [1.54, 1.807) is 19.2 Å². The van der Waals surface area contributed by atoms with Gasteiger partial charge in [-0.05, 0) is 30.2 Å². The van der Waals surface area contributed by atoms with E-state index in [0.29, 0.717) is 22.8 Å². The highest BCUT2D eigenvalue weighted by molar-refractivity contribution is 6.30. The topological polar surface area (TPSA) is 127 Å². The highest BCUT2D eigenvalue weighted by Crippen LogP contribution is 2.32. The molecule has 9 nitrogen and oxygen atoms in total. The van der Waals surface area contributed by atoms with Crippen LogP contribution in [0.2, 0.25) is 5.02 Å². The minimum Gasteiger partial charge on any atom is -0.465 e. The van der Waals surface area contributed by atoms with Crippen molar-refractivity contribution in [3.8, 4) is 0 Å². The van der Waals surface area contributed by atoms with Crippen LogP contribution < -0.4 is 16.0 Å². The van der Waals surface area contributed by atoms with Crippen LogP contribution in [-0.2, 0) is 16.0 Å². The van der Waals surface area contributed by atoms with Gasteiger partial charge in [-0.1, -0.05) is 35.9 Å². The third kappa shape index (κ3) is 5.83. The lowest BCUT2D eigenvalue weighted by molar-refractivity contribution is -0.588. The maximum Gasteiger partial charge on any atom is 0.319 e. The van der Waals surface area contributed by atoms with E-state index < -0.39 is 28.9 Å². The second kappa shape index (κ2) is 10.7. The Bertz CT molecular complexity index is 1030. The Balaban J connectivity index is 1.82. The van der Waals surface area contributed by atoms with E-state index in [-0.39, 0.29) is 12.3 Å². The van der Waals surface area contributed by atoms with Crippen molar-refractivity contribution in [2.24, 2.45) is 5.92 Å². The van der Waals surface area contributed by atoms with Crippen LogP contribution in [0.15, 0.2) is 60.4 Å². The number of non-ortho nitro benzene ring substituents is 1. The predicted octanol–water partition coefficient (Wildman–Crippen LogP) is 2.43. The Morgan fingerprint density at radius 3 is 2.72 bits per heavy atom. The number of hydrogen-bond acceptors (Lipinski definition) is 5. The zero-order valence-electron chi connectivity index (χ0n) is 17.4. The molecule has 3 rings (SSSR count). The van der Waals surface area contributed by atoms with Crippen molar-refractivity contribution in [3.63, 3.8) is 0 Å². The number of nitrogens with zero attached hydrogens (tertiary/aromatic N) is 1. The van der Waals surface area contributed by atoms with Crippen molar-refractivity contribution < 1.29 is 24.6 Å². The fraction of sp³-hybridized carbons (Fsp3) is 0.273. The molecule has 1 heterocycles. The second-order valence-electron chi connectivity index (χ2n) is 7.18. The molecular weight excluding hydrogens is 436 g/mol. The molecule has 10 heteroatoms. The zero-order valence-corrected chi connectivity index (χ0v) is 18.2. The molecule has 2 aromatic rings. The standard InChI is InChI=1S/C22H23ClN4O5/c1-2-32-21(28)19-18(13-24-11-10-14-6-8-16(23)9-7-14)25-22(29)26-20(19)15-4-3-5-17(12-15)27(30)31/h3-9,12-13,19-20,24H,2,10-11H2,1H3,(H2,25,26,29)/p+1/b18-13+/t19-,20+/m1/s1. The number of esters is 1. The van der Waals surface area contributed by atoms with E-state index in [1.165, 1.54) is 18.2 Å². The molecular formula is C22H24ClN4O5+. The van der Waals surface area contributed by atoms with Gasteiger partial charge in [0.2, 0.25) is 0 Å². The molecule has 1 aliphatic rings. The summed E-state index contributed by atoms with van der Waals surface area (Å²) in [6, 6.07) is 12.1. The number of amides is 2. The average Bonchev–Trinajstić information content (AvgIpc) is 2.77. The van der Waals surface area contributed by atoms with Crippen LogP contribution in [0.25, 0.3) is 0 Å². The molecule has 2 aromatic carbocycles. The summed E-state index contributed by atoms with van der Waals surface area (Å²) in [6.07, 6.45) is 2.45. The number of nitrogens with two attached hydrogens (primary N) is 1. The van der Waals surface area contributed by atoms with Gasteiger partial charge >= 0.3 is 12.0 Å². The van der Waals surface area contributed by atoms with E-state index >= 15 is 0 Å². The van der Waals surface area contributed by atoms with Crippen LogP contribution in [0.5, 0.6) is 0 Å². The maximum absolute atomic E-state index is 12.8. The molecule has 2 amide bonds. The summed E-state index contributed by atoms with van der Waals surface area (Å²) in [5.41, 5.74) is 1.80. The molecule has 1 saturated heterocycles. The Morgan fingerprint density at radius 1 is 1.28 bits per heavy atom. The largest absolute Gasteiger partial charge is 0.465 e. The number of nitrogens with one attached hydrogen (secondary N) is 2. The maximum atomic E-state index is 12.8. The van der Waals surface area contributed by atoms with Gasteiger partial charge in [-0.15, -0.1) is 0 Å². The van der Waals surface area contributed by atoms with Gasteiger partial charge in [0.1, 0.15) is 12.1 Å². The molecule has 0 bridgehead atoms. The lowest BCUT2D eigenvalue weighted by Gasteiger charge is -2.32. The van der Waals surface area contributed by atoms with E-state index in [1.807, 2.05) is 29.6 Å². The number of ether oxygens (including phenoxy) is 1. The van der Waals surface area contributed by atoms with Gasteiger partial charge in [-0.2, -0.15) is 0 Å². The lowest BCUT2D eigenvalue weighted by atomic mass is 9.88. The molecule has 168 valence electrons. The summed E-state index contributed by atoms with van der Waals surface area (Å²) in [5, 5.41) is 19.1. The SMILES string of the molecule is CCOC(=O)[C@@H]1/C(=C\[NH2+]CCc2ccc(Cl)cc2)NC(=O)N[C@H]1c1cccc([N+](=O)[O-])c1. The molecule has 0 spiro atoms. The van der Waals surface area contributed by atoms with Crippen LogP contribution in [-0.4, -0.2) is 30.1 Å². The molecule has 32 heavy (non-hydrogen) atoms. The lowest BCUT2D eigenvalue weighted by Crippen LogP contribution is -2.79. The number of nitro groups is 1. The van der Waals surface area contributed by atoms with Crippen LogP contribution in [0.4, 0.5) is 10.5 Å². The van der Waals surface area contributed by atoms with E-state index in [0.717, 1.165) is 12.0 Å². The Kier molecular flexibility index (Phi) is 7.80. The Morgan fingerprint density at radius 2 is 2.03 bits per heavy atom. The normalized spacial score (nSPS) is 19.2. The van der Waals surface area contributed by atoms with Gasteiger partial charge in [-0.25, -0.2) is 4.79 Å². The Hall–Kier alpha value is -3.43. The van der Waals surface area contributed by atoms with Crippen molar-refractivity contribution in [1.82, 2.24) is 10.6 Å². The summed E-state index contributed by atoms with van der Waals surface area (Å²) >= 11 is 5.91. The number of quaternary nitrogens is 1. The summed E-state index contributed by atoms with van der Waals surface area (Å²) in [4.78, 5) is 35.8. The van der Waals surface area contributed by atoms with Crippen LogP contribution in [0, 0.1) is 16.0 Å². The van der Waals surface area contributed by atoms with E-state index in [9.17, 15) is 19.7 Å². The molecule has 1 fully saturated rings. The average molecular weight is 460 g/mol. The van der Waals surface area contributed by atoms with Crippen LogP contribution >= 0.6 is 11.6 Å². The smallest absolute Gasteiger partial charge is 0.319 e. The van der Waals surface area contributed by atoms with Crippen molar-refractivity contribution in [2.75, 3.05) is 13.2 Å². The third-order valence-electron chi connectivity index (χ3n) is 5.00. The van der Waals surface area contributed by atoms with Gasteiger partial charge < -0.3 is 20.7 Å². The number of hydrogen-bond donors (Lipinski definition) is 3. The molecule has 0 radical (unpaired) electrons. The molecule has 0 aliphatic carbocycles. The number of urea groups is 1. The predicted molar refractivity (Wildman–Crippen MR) is 118 cm³/mol. The summed E-state index contributed by atoms with van der Waals surface area (Å²) < 4.78 is 5.23. The summed E-state index contributed by atoms with van der Waals surface area (Å²) in [6.45, 7) is 2.53. The zero-order chi connectivity index (χ0) is 23.1. The Labute approximate surface area is 189 Å². The van der Waals surface area contributed by atoms with Crippen molar-refractivity contribution in [2.45, 2.75) is 19.4 Å². The summed E-state index contributed by atoms with van der Waals surface area (Å²) in [5.74, 6) is -1.41. The van der Waals surface area contributed by atoms with Gasteiger partial charge in [0.25, 0.3) is 5.69 Å². The van der Waals surface area contributed by atoms with Gasteiger partial charge in [0.15, 0.2) is 0 Å². The van der Waals surface area contributed by atoms with Crippen LogP contribution in [0.1, 0.15) is 24.1 Å². The number of carbonyl (C=O) groups excluding carboxylic acids is 2. The number of halogens is 1. The number of nitro benzene ring substituents is 1. The van der Waals surface area contributed by atoms with Crippen LogP contribution in [0.3, 0.4) is 0 Å². The highest BCUT2D eigenvalue weighted by Gasteiger charge is 2.41. The molecule has 1 aliphatic heterocycles. The van der Waals surface area contributed by atoms with Crippen molar-refractivity contribution in [1.29, 1.82) is 0 Å². The van der Waals surface area contributed by atoms with E-state index in [2.05, 4.69) is 10.6 Å². The van der Waals surface area contributed by atoms with Gasteiger partial charge in [0.05, 0.1) is 29.8 Å². The molecule has 2 atom stereocenters. The number of rotatable bonds is 8. The molecule has 0 saturated carbocycles. The molecule has 4 N–H and O–H groups in total. The first-order valence-corrected chi connectivity index (χ1v) is 10.5. The first-order chi connectivity index (χ1) is 15.4. The first kappa shape index (κ1) is 23.2. The molecule has 0 unspecified atom stereocenters. The van der Waals surface area contributed by atoms with E-state index in [4.69, 9.17) is 16.3 Å². The second-order valence-corrected chi connectivity index (χ2v) is 7.62. The highest BCUT2D eigenvalue weighted by atomic mass is 35.5. The minimum absolute atomic E-state index is 0.127. The number of benzene rings is 2. The quantitative estimate of drug-likeness (QED) is 0.242. The number of carbonyl (C=O) groups is 2. The monoisotopic (exact) mass is 459 g/mol. The first-order valence-electron chi connectivity index (χ1n) is 10.2.